The first-order chi connectivity index (χ1) is 6.56. The molecule has 1 rings (SSSR count). The highest BCUT2D eigenvalue weighted by atomic mass is 16.4. The Hall–Kier alpha value is -1.62. The van der Waals surface area contributed by atoms with Crippen molar-refractivity contribution in [1.29, 1.82) is 0 Å². The minimum absolute atomic E-state index is 0.00593. The molecular weight excluding hydrogens is 182 g/mol. The van der Waals surface area contributed by atoms with Crippen molar-refractivity contribution in [3.8, 4) is 0 Å². The topological polar surface area (TPSA) is 102 Å². The van der Waals surface area contributed by atoms with E-state index in [-0.39, 0.29) is 17.4 Å². The van der Waals surface area contributed by atoms with E-state index in [0.717, 1.165) is 6.42 Å². The van der Waals surface area contributed by atoms with Crippen LogP contribution in [0.4, 0.5) is 5.82 Å². The van der Waals surface area contributed by atoms with Gasteiger partial charge in [-0.3, -0.25) is 0 Å². The summed E-state index contributed by atoms with van der Waals surface area (Å²) in [5.74, 6) is -1.07. The maximum Gasteiger partial charge on any atom is 0.339 e. The molecule has 1 heterocycles. The van der Waals surface area contributed by atoms with Gasteiger partial charge in [-0.25, -0.2) is 9.78 Å². The van der Waals surface area contributed by atoms with E-state index in [4.69, 9.17) is 16.6 Å². The number of nitrogens with zero attached hydrogens (tertiary/aromatic N) is 1. The Morgan fingerprint density at radius 1 is 1.71 bits per heavy atom. The molecule has 0 aliphatic rings. The van der Waals surface area contributed by atoms with Crippen molar-refractivity contribution in [2.24, 2.45) is 5.73 Å². The third kappa shape index (κ3) is 2.00. The highest BCUT2D eigenvalue weighted by molar-refractivity contribution is 5.92. The van der Waals surface area contributed by atoms with E-state index in [1.807, 2.05) is 6.92 Å². The summed E-state index contributed by atoms with van der Waals surface area (Å²) in [5, 5.41) is 8.78. The number of aromatic carboxylic acids is 1. The summed E-state index contributed by atoms with van der Waals surface area (Å²) in [7, 11) is 0. The monoisotopic (exact) mass is 195 g/mol. The number of hydrogen-bond donors (Lipinski definition) is 3. The fourth-order valence-electron chi connectivity index (χ4n) is 1.10. The average Bonchev–Trinajstić information content (AvgIpc) is 2.17. The van der Waals surface area contributed by atoms with E-state index in [1.165, 1.54) is 12.3 Å². The van der Waals surface area contributed by atoms with Crippen LogP contribution in [0.5, 0.6) is 0 Å². The van der Waals surface area contributed by atoms with E-state index in [9.17, 15) is 4.79 Å². The lowest BCUT2D eigenvalue weighted by Crippen LogP contribution is -2.12. The Bertz CT molecular complexity index is 352. The van der Waals surface area contributed by atoms with Gasteiger partial charge in [-0.05, 0) is 18.1 Å². The van der Waals surface area contributed by atoms with Crippen molar-refractivity contribution in [2.75, 3.05) is 5.73 Å². The predicted molar refractivity (Wildman–Crippen MR) is 52.8 cm³/mol. The molecule has 5 heteroatoms. The maximum atomic E-state index is 10.7. The molecule has 0 fully saturated rings. The van der Waals surface area contributed by atoms with Crippen LogP contribution in [0.2, 0.25) is 0 Å². The molecule has 0 spiro atoms. The first-order valence-corrected chi connectivity index (χ1v) is 4.30. The molecule has 76 valence electrons. The number of pyridine rings is 1. The van der Waals surface area contributed by atoms with Crippen molar-refractivity contribution >= 4 is 11.8 Å². The third-order valence-electron chi connectivity index (χ3n) is 2.04. The number of rotatable bonds is 3. The molecule has 14 heavy (non-hydrogen) atoms. The largest absolute Gasteiger partial charge is 0.478 e. The van der Waals surface area contributed by atoms with E-state index in [2.05, 4.69) is 4.98 Å². The second kappa shape index (κ2) is 4.06. The Labute approximate surface area is 81.7 Å². The quantitative estimate of drug-likeness (QED) is 0.661. The van der Waals surface area contributed by atoms with Gasteiger partial charge in [0.15, 0.2) is 0 Å². The molecule has 0 aliphatic carbocycles. The summed E-state index contributed by atoms with van der Waals surface area (Å²) in [6.07, 6.45) is 2.24. The van der Waals surface area contributed by atoms with Crippen molar-refractivity contribution in [1.82, 2.24) is 4.98 Å². The van der Waals surface area contributed by atoms with Gasteiger partial charge in [0, 0.05) is 12.2 Å². The van der Waals surface area contributed by atoms with E-state index < -0.39 is 5.97 Å². The third-order valence-corrected chi connectivity index (χ3v) is 2.04. The predicted octanol–water partition coefficient (Wildman–Crippen LogP) is 0.772. The zero-order valence-electron chi connectivity index (χ0n) is 7.90. The average molecular weight is 195 g/mol. The molecule has 0 amide bonds. The van der Waals surface area contributed by atoms with Crippen molar-refractivity contribution in [3.05, 3.63) is 23.4 Å². The number of aromatic nitrogens is 1. The van der Waals surface area contributed by atoms with Crippen LogP contribution >= 0.6 is 0 Å². The Morgan fingerprint density at radius 2 is 2.36 bits per heavy atom. The van der Waals surface area contributed by atoms with Crippen LogP contribution in [-0.2, 0) is 0 Å². The molecule has 1 aromatic rings. The first-order valence-electron chi connectivity index (χ1n) is 4.30. The summed E-state index contributed by atoms with van der Waals surface area (Å²) < 4.78 is 0. The second-order valence-corrected chi connectivity index (χ2v) is 3.02. The molecule has 0 aliphatic heterocycles. The lowest BCUT2D eigenvalue weighted by atomic mass is 10.1. The molecule has 0 radical (unpaired) electrons. The molecule has 0 saturated heterocycles. The number of nitrogen functional groups attached to an aromatic ring is 1. The first kappa shape index (κ1) is 10.5. The highest BCUT2D eigenvalue weighted by Crippen LogP contribution is 2.17. The molecule has 5 N–H and O–H groups in total. The fraction of sp³-hybridized carbons (Fsp3) is 0.333. The van der Waals surface area contributed by atoms with Crippen LogP contribution in [0.3, 0.4) is 0 Å². The molecule has 0 aromatic carbocycles. The van der Waals surface area contributed by atoms with Crippen LogP contribution < -0.4 is 11.5 Å². The van der Waals surface area contributed by atoms with Crippen LogP contribution in [0.1, 0.15) is 35.3 Å². The summed E-state index contributed by atoms with van der Waals surface area (Å²) in [5.41, 5.74) is 11.8. The minimum atomic E-state index is -1.08. The molecular formula is C9H13N3O2. The van der Waals surface area contributed by atoms with Crippen LogP contribution in [0.25, 0.3) is 0 Å². The van der Waals surface area contributed by atoms with Gasteiger partial charge in [-0.2, -0.15) is 0 Å². The Morgan fingerprint density at radius 3 is 2.86 bits per heavy atom. The summed E-state index contributed by atoms with van der Waals surface area (Å²) in [4.78, 5) is 14.5. The number of carboxylic acid groups (broad SMARTS) is 1. The minimum Gasteiger partial charge on any atom is -0.478 e. The van der Waals surface area contributed by atoms with E-state index in [1.54, 1.807) is 0 Å². The molecule has 1 aromatic heterocycles. The van der Waals surface area contributed by atoms with Gasteiger partial charge in [0.05, 0.1) is 0 Å². The fourth-order valence-corrected chi connectivity index (χ4v) is 1.10. The second-order valence-electron chi connectivity index (χ2n) is 3.02. The smallest absolute Gasteiger partial charge is 0.339 e. The van der Waals surface area contributed by atoms with Gasteiger partial charge >= 0.3 is 5.97 Å². The zero-order valence-corrected chi connectivity index (χ0v) is 7.90. The molecule has 1 atom stereocenters. The van der Waals surface area contributed by atoms with Crippen molar-refractivity contribution in [3.63, 3.8) is 0 Å². The van der Waals surface area contributed by atoms with E-state index in [0.29, 0.717) is 5.56 Å². The number of nitrogens with two attached hydrogens (primary N) is 2. The summed E-state index contributed by atoms with van der Waals surface area (Å²) in [6.45, 7) is 1.92. The van der Waals surface area contributed by atoms with Gasteiger partial charge < -0.3 is 16.6 Å². The molecule has 0 bridgehead atoms. The van der Waals surface area contributed by atoms with Crippen molar-refractivity contribution in [2.45, 2.75) is 19.4 Å². The van der Waals surface area contributed by atoms with Gasteiger partial charge in [0.1, 0.15) is 11.4 Å². The van der Waals surface area contributed by atoms with Crippen molar-refractivity contribution < 1.29 is 9.90 Å². The lowest BCUT2D eigenvalue weighted by molar-refractivity contribution is 0.0697. The van der Waals surface area contributed by atoms with E-state index >= 15 is 0 Å². The zero-order chi connectivity index (χ0) is 10.7. The van der Waals surface area contributed by atoms with Gasteiger partial charge in [0.25, 0.3) is 0 Å². The summed E-state index contributed by atoms with van der Waals surface area (Å²) in [6, 6.07) is 1.28. The van der Waals surface area contributed by atoms with Gasteiger partial charge in [-0.1, -0.05) is 6.92 Å². The number of carbonyl (C=O) groups is 1. The molecule has 5 nitrogen and oxygen atoms in total. The summed E-state index contributed by atoms with van der Waals surface area (Å²) >= 11 is 0. The Balaban J connectivity index is 3.12. The lowest BCUT2D eigenvalue weighted by Gasteiger charge is -2.09. The molecule has 0 saturated carbocycles. The van der Waals surface area contributed by atoms with Gasteiger partial charge in [-0.15, -0.1) is 0 Å². The molecule has 0 unspecified atom stereocenters. The van der Waals surface area contributed by atoms with Gasteiger partial charge in [0.2, 0.25) is 0 Å². The van der Waals surface area contributed by atoms with Crippen LogP contribution in [-0.4, -0.2) is 16.1 Å². The highest BCUT2D eigenvalue weighted by Gasteiger charge is 2.12. The SMILES string of the molecule is CC[C@H](N)c1cnc(N)c(C(=O)O)c1. The van der Waals surface area contributed by atoms with Crippen LogP contribution in [0, 0.1) is 0 Å². The van der Waals surface area contributed by atoms with Crippen LogP contribution in [0.15, 0.2) is 12.3 Å². The standard InChI is InChI=1S/C9H13N3O2/c1-2-7(10)5-3-6(9(13)14)8(11)12-4-5/h3-4,7H,2,10H2,1H3,(H2,11,12)(H,13,14)/t7-/m0/s1. The number of hydrogen-bond acceptors (Lipinski definition) is 4. The number of anilines is 1. The number of carboxylic acids is 1. The maximum absolute atomic E-state index is 10.7. The Kier molecular flexibility index (Phi) is 3.03. The normalized spacial score (nSPS) is 12.4.